The minimum atomic E-state index is -2.74. The molecule has 2 fully saturated rings. The van der Waals surface area contributed by atoms with Gasteiger partial charge < -0.3 is 22.3 Å². The molecule has 11 nitrogen and oxygen atoms in total. The normalized spacial score (nSPS) is 38.0. The van der Waals surface area contributed by atoms with E-state index in [-0.39, 0.29) is 23.7 Å². The van der Waals surface area contributed by atoms with E-state index in [4.69, 9.17) is 17.2 Å². The molecule has 11 heteroatoms. The molecule has 0 heterocycles. The van der Waals surface area contributed by atoms with Crippen LogP contribution in [0.5, 0.6) is 5.75 Å². The standard InChI is InChI=1S/C27H29N5O6/c1-32(2)21-20(35)17(24(29)38)22(36)26(11-28)23(37)18-19(34)16-14(9-25(18,30)10-27(21,26)31)13(7-8-15(16)33)12-5-3-4-6-12/h3,5,7-8,12,17-18,21,33H,4,6,9-10,30-31H2,1-2H3,(H2,29,38)/t12?,17?,18?,21-,25-,26+,27-/m1/s1. The van der Waals surface area contributed by atoms with Crippen molar-refractivity contribution in [1.82, 2.24) is 4.90 Å². The van der Waals surface area contributed by atoms with Gasteiger partial charge in [-0.3, -0.25) is 28.9 Å². The first-order chi connectivity index (χ1) is 17.8. The largest absolute Gasteiger partial charge is 0.507 e. The molecule has 5 rings (SSSR count). The Morgan fingerprint density at radius 3 is 2.39 bits per heavy atom. The lowest BCUT2D eigenvalue weighted by Crippen LogP contribution is -2.85. The van der Waals surface area contributed by atoms with Crippen molar-refractivity contribution in [2.45, 2.75) is 48.7 Å². The molecule has 7 atom stereocenters. The molecule has 1 aromatic rings. The van der Waals surface area contributed by atoms with E-state index >= 15 is 0 Å². The van der Waals surface area contributed by atoms with Crippen LogP contribution in [0.4, 0.5) is 0 Å². The number of nitriles is 1. The minimum absolute atomic E-state index is 0.0229. The number of nitrogens with two attached hydrogens (primary N) is 3. The molecular weight excluding hydrogens is 490 g/mol. The van der Waals surface area contributed by atoms with Gasteiger partial charge >= 0.3 is 0 Å². The third kappa shape index (κ3) is 2.96. The van der Waals surface area contributed by atoms with E-state index in [0.29, 0.717) is 5.56 Å². The maximum atomic E-state index is 14.3. The van der Waals surface area contributed by atoms with Crippen LogP contribution in [-0.2, 0) is 25.6 Å². The van der Waals surface area contributed by atoms with Gasteiger partial charge in [0.15, 0.2) is 34.5 Å². The molecule has 198 valence electrons. The van der Waals surface area contributed by atoms with E-state index in [1.165, 1.54) is 25.1 Å². The van der Waals surface area contributed by atoms with E-state index in [2.05, 4.69) is 0 Å². The topological polar surface area (TPSA) is 211 Å². The summed E-state index contributed by atoms with van der Waals surface area (Å²) in [5.41, 5.74) is 13.7. The van der Waals surface area contributed by atoms with Crippen molar-refractivity contribution in [2.75, 3.05) is 14.1 Å². The van der Waals surface area contributed by atoms with E-state index in [9.17, 15) is 34.3 Å². The van der Waals surface area contributed by atoms with Crippen LogP contribution in [0, 0.1) is 28.6 Å². The Balaban J connectivity index is 1.77. The van der Waals surface area contributed by atoms with Crippen LogP contribution in [0.15, 0.2) is 24.3 Å². The van der Waals surface area contributed by atoms with Gasteiger partial charge in [0.1, 0.15) is 11.7 Å². The molecule has 0 bridgehead atoms. The Morgan fingerprint density at radius 1 is 1.16 bits per heavy atom. The van der Waals surface area contributed by atoms with Crippen molar-refractivity contribution in [1.29, 1.82) is 5.26 Å². The zero-order valence-corrected chi connectivity index (χ0v) is 21.1. The summed E-state index contributed by atoms with van der Waals surface area (Å²) in [5, 5.41) is 21.1. The van der Waals surface area contributed by atoms with Crippen LogP contribution < -0.4 is 17.2 Å². The number of nitrogens with zero attached hydrogens (tertiary/aromatic N) is 2. The highest BCUT2D eigenvalue weighted by Crippen LogP contribution is 2.56. The molecule has 0 radical (unpaired) electrons. The summed E-state index contributed by atoms with van der Waals surface area (Å²) >= 11 is 0. The van der Waals surface area contributed by atoms with Crippen molar-refractivity contribution in [3.8, 4) is 11.8 Å². The summed E-state index contributed by atoms with van der Waals surface area (Å²) < 4.78 is 0. The van der Waals surface area contributed by atoms with Crippen LogP contribution >= 0.6 is 0 Å². The molecule has 38 heavy (non-hydrogen) atoms. The lowest BCUT2D eigenvalue weighted by Gasteiger charge is -2.60. The number of hydrogen-bond donors (Lipinski definition) is 4. The fourth-order valence-electron chi connectivity index (χ4n) is 7.47. The van der Waals surface area contributed by atoms with Gasteiger partial charge in [-0.2, -0.15) is 5.26 Å². The smallest absolute Gasteiger partial charge is 0.235 e. The number of benzene rings is 1. The van der Waals surface area contributed by atoms with Gasteiger partial charge in [0.2, 0.25) is 5.91 Å². The Bertz CT molecular complexity index is 1410. The second kappa shape index (κ2) is 8.14. The molecular formula is C27H29N5O6. The van der Waals surface area contributed by atoms with Crippen LogP contribution in [-0.4, -0.2) is 70.3 Å². The summed E-state index contributed by atoms with van der Waals surface area (Å²) in [5.74, 6) is -9.73. The molecule has 3 unspecified atom stereocenters. The van der Waals surface area contributed by atoms with Gasteiger partial charge in [-0.05, 0) is 57.0 Å². The van der Waals surface area contributed by atoms with E-state index in [0.717, 1.165) is 18.4 Å². The number of rotatable bonds is 3. The van der Waals surface area contributed by atoms with Crippen LogP contribution in [0.2, 0.25) is 0 Å². The van der Waals surface area contributed by atoms with E-state index < -0.39 is 69.8 Å². The summed E-state index contributed by atoms with van der Waals surface area (Å²) in [7, 11) is 2.94. The van der Waals surface area contributed by atoms with E-state index in [1.807, 2.05) is 12.2 Å². The molecule has 0 spiro atoms. The average molecular weight is 520 g/mol. The number of Topliss-reactive ketones (excluding diaryl/α,β-unsaturated/α-hetero) is 4. The maximum Gasteiger partial charge on any atom is 0.235 e. The van der Waals surface area contributed by atoms with Crippen molar-refractivity contribution in [2.24, 2.45) is 34.5 Å². The van der Waals surface area contributed by atoms with Crippen molar-refractivity contribution in [3.05, 3.63) is 41.0 Å². The highest BCUT2D eigenvalue weighted by molar-refractivity contribution is 6.33. The lowest BCUT2D eigenvalue weighted by atomic mass is 9.42. The molecule has 1 aromatic carbocycles. The summed E-state index contributed by atoms with van der Waals surface area (Å²) in [4.78, 5) is 69.0. The third-order valence-electron chi connectivity index (χ3n) is 8.92. The van der Waals surface area contributed by atoms with Crippen LogP contribution in [0.3, 0.4) is 0 Å². The number of phenolic OH excluding ortho intramolecular Hbond substituents is 1. The molecule has 2 saturated carbocycles. The highest BCUT2D eigenvalue weighted by Gasteiger charge is 2.78. The molecule has 0 aromatic heterocycles. The fourth-order valence-corrected chi connectivity index (χ4v) is 7.47. The Kier molecular flexibility index (Phi) is 5.55. The molecule has 0 saturated heterocycles. The van der Waals surface area contributed by atoms with Gasteiger partial charge in [-0.25, -0.2) is 0 Å². The number of allylic oxidation sites excluding steroid dienone is 2. The zero-order valence-electron chi connectivity index (χ0n) is 21.1. The first kappa shape index (κ1) is 25.9. The number of fused-ring (bicyclic) bond motifs is 3. The zero-order chi connectivity index (χ0) is 27.9. The second-order valence-corrected chi connectivity index (χ2v) is 11.3. The Labute approximate surface area is 218 Å². The van der Waals surface area contributed by atoms with Gasteiger partial charge in [0.05, 0.1) is 23.2 Å². The average Bonchev–Trinajstić information content (AvgIpc) is 3.32. The van der Waals surface area contributed by atoms with Gasteiger partial charge in [0.25, 0.3) is 0 Å². The quantitative estimate of drug-likeness (QED) is 0.289. The number of carbonyl (C=O) groups excluding carboxylic acids is 5. The molecule has 7 N–H and O–H groups in total. The summed E-state index contributed by atoms with van der Waals surface area (Å²) in [6, 6.07) is 3.39. The number of ketones is 4. The Morgan fingerprint density at radius 2 is 1.84 bits per heavy atom. The van der Waals surface area contributed by atoms with Crippen molar-refractivity contribution >= 4 is 29.0 Å². The molecule has 4 aliphatic carbocycles. The summed E-state index contributed by atoms with van der Waals surface area (Å²) in [6.07, 6.45) is 5.19. The van der Waals surface area contributed by atoms with Crippen molar-refractivity contribution < 1.29 is 29.1 Å². The number of phenols is 1. The number of amides is 1. The molecule has 0 aliphatic heterocycles. The number of aromatic hydroxyl groups is 1. The molecule has 1 amide bonds. The Hall–Kier alpha value is -3.72. The number of likely N-dealkylation sites (N-methyl/N-ethyl adjacent to an activating group) is 1. The number of hydrogen-bond acceptors (Lipinski definition) is 10. The number of primary amides is 1. The van der Waals surface area contributed by atoms with Gasteiger partial charge in [-0.15, -0.1) is 0 Å². The fraction of sp³-hybridized carbons (Fsp3) is 0.481. The second-order valence-electron chi connectivity index (χ2n) is 11.3. The number of carbonyl (C=O) groups is 5. The predicted molar refractivity (Wildman–Crippen MR) is 132 cm³/mol. The monoisotopic (exact) mass is 519 g/mol. The third-order valence-corrected chi connectivity index (χ3v) is 8.92. The lowest BCUT2D eigenvalue weighted by molar-refractivity contribution is -0.166. The van der Waals surface area contributed by atoms with Crippen molar-refractivity contribution in [3.63, 3.8) is 0 Å². The summed E-state index contributed by atoms with van der Waals surface area (Å²) in [6.45, 7) is 0. The van der Waals surface area contributed by atoms with Crippen LogP contribution in [0.25, 0.3) is 0 Å². The van der Waals surface area contributed by atoms with Gasteiger partial charge in [0, 0.05) is 11.5 Å². The molecule has 4 aliphatic rings. The highest BCUT2D eigenvalue weighted by atomic mass is 16.3. The van der Waals surface area contributed by atoms with Gasteiger partial charge in [-0.1, -0.05) is 18.2 Å². The van der Waals surface area contributed by atoms with E-state index in [1.54, 1.807) is 12.1 Å². The predicted octanol–water partition coefficient (Wildman–Crippen LogP) is -0.758. The minimum Gasteiger partial charge on any atom is -0.507 e. The van der Waals surface area contributed by atoms with Crippen LogP contribution in [0.1, 0.15) is 46.7 Å². The first-order valence-corrected chi connectivity index (χ1v) is 12.4. The SMILES string of the molecule is CN(C)[C@@H]1C(=O)C(C(N)=O)C(=O)[C@@]2(C#N)C(=O)C3C(=O)c4c(O)ccc(C5C=CCC5)c4C[C@@]3(N)C[C@@]12N. The maximum absolute atomic E-state index is 14.3. The first-order valence-electron chi connectivity index (χ1n) is 12.4.